The fourth-order valence-corrected chi connectivity index (χ4v) is 2.13. The highest BCUT2D eigenvalue weighted by molar-refractivity contribution is 5.92. The van der Waals surface area contributed by atoms with Crippen molar-refractivity contribution in [1.29, 1.82) is 0 Å². The normalized spacial score (nSPS) is 16.6. The summed E-state index contributed by atoms with van der Waals surface area (Å²) in [5.41, 5.74) is 2.58. The Balaban J connectivity index is 2.55. The molecule has 1 aliphatic rings. The first kappa shape index (κ1) is 12.7. The Kier molecular flexibility index (Phi) is 4.52. The van der Waals surface area contributed by atoms with Crippen LogP contribution in [0.25, 0.3) is 0 Å². The predicted molar refractivity (Wildman–Crippen MR) is 59.2 cm³/mol. The molecule has 0 bridgehead atoms. The van der Waals surface area contributed by atoms with Gasteiger partial charge in [0, 0.05) is 0 Å². The van der Waals surface area contributed by atoms with Crippen molar-refractivity contribution < 1.29 is 19.8 Å². The third-order valence-corrected chi connectivity index (χ3v) is 3.21. The van der Waals surface area contributed by atoms with E-state index in [-0.39, 0.29) is 6.42 Å². The second-order valence-electron chi connectivity index (χ2n) is 4.36. The Labute approximate surface area is 95.0 Å². The van der Waals surface area contributed by atoms with Gasteiger partial charge in [0.05, 0.1) is 0 Å². The van der Waals surface area contributed by atoms with Gasteiger partial charge >= 0.3 is 11.9 Å². The predicted octanol–water partition coefficient (Wildman–Crippen LogP) is 2.44. The summed E-state index contributed by atoms with van der Waals surface area (Å²) in [6.07, 6.45) is 5.21. The summed E-state index contributed by atoms with van der Waals surface area (Å²) < 4.78 is 0. The number of allylic oxidation sites excluding steroid dienone is 2. The summed E-state index contributed by atoms with van der Waals surface area (Å²) in [7, 11) is 0. The van der Waals surface area contributed by atoms with Crippen LogP contribution < -0.4 is 0 Å². The molecule has 1 aliphatic carbocycles. The van der Waals surface area contributed by atoms with Crippen molar-refractivity contribution in [1.82, 2.24) is 0 Å². The zero-order valence-electron chi connectivity index (χ0n) is 9.53. The van der Waals surface area contributed by atoms with Crippen LogP contribution in [-0.4, -0.2) is 22.2 Å². The maximum atomic E-state index is 10.7. The van der Waals surface area contributed by atoms with Crippen molar-refractivity contribution in [2.45, 2.75) is 45.4 Å². The van der Waals surface area contributed by atoms with Crippen LogP contribution in [0.5, 0.6) is 0 Å². The monoisotopic (exact) mass is 226 g/mol. The first-order valence-corrected chi connectivity index (χ1v) is 5.65. The summed E-state index contributed by atoms with van der Waals surface area (Å²) in [6, 6.07) is 0. The van der Waals surface area contributed by atoms with E-state index in [1.807, 2.05) is 0 Å². The van der Waals surface area contributed by atoms with E-state index in [9.17, 15) is 9.59 Å². The molecule has 0 spiro atoms. The lowest BCUT2D eigenvalue weighted by molar-refractivity contribution is -0.154. The van der Waals surface area contributed by atoms with E-state index >= 15 is 0 Å². The summed E-state index contributed by atoms with van der Waals surface area (Å²) >= 11 is 0. The van der Waals surface area contributed by atoms with Crippen LogP contribution in [0.2, 0.25) is 0 Å². The smallest absolute Gasteiger partial charge is 0.317 e. The van der Waals surface area contributed by atoms with Gasteiger partial charge in [0.25, 0.3) is 0 Å². The molecule has 0 fully saturated rings. The molecule has 0 heterocycles. The second kappa shape index (κ2) is 5.68. The summed E-state index contributed by atoms with van der Waals surface area (Å²) in [5.74, 6) is -3.73. The van der Waals surface area contributed by atoms with E-state index in [4.69, 9.17) is 10.2 Å². The lowest BCUT2D eigenvalue weighted by Crippen LogP contribution is -2.23. The van der Waals surface area contributed by atoms with Crippen molar-refractivity contribution >= 4 is 11.9 Å². The van der Waals surface area contributed by atoms with Gasteiger partial charge in [-0.2, -0.15) is 0 Å². The van der Waals surface area contributed by atoms with Crippen LogP contribution >= 0.6 is 0 Å². The van der Waals surface area contributed by atoms with Gasteiger partial charge in [-0.25, -0.2) is 0 Å². The third kappa shape index (κ3) is 3.36. The molecular formula is C12H18O4. The lowest BCUT2D eigenvalue weighted by atomic mass is 9.88. The lowest BCUT2D eigenvalue weighted by Gasteiger charge is -2.18. The zero-order valence-corrected chi connectivity index (χ0v) is 9.53. The Hall–Kier alpha value is -1.32. The highest BCUT2D eigenvalue weighted by Gasteiger charge is 2.25. The zero-order chi connectivity index (χ0) is 12.1. The number of carbonyl (C=O) groups is 2. The van der Waals surface area contributed by atoms with Crippen LogP contribution in [0.3, 0.4) is 0 Å². The van der Waals surface area contributed by atoms with E-state index in [0.29, 0.717) is 6.42 Å². The number of carboxylic acids is 2. The minimum atomic E-state index is -1.26. The second-order valence-corrected chi connectivity index (χ2v) is 4.36. The van der Waals surface area contributed by atoms with E-state index < -0.39 is 17.9 Å². The molecule has 0 aromatic heterocycles. The summed E-state index contributed by atoms with van der Waals surface area (Å²) in [4.78, 5) is 21.4. The largest absolute Gasteiger partial charge is 0.481 e. The standard InChI is InChI=1S/C12H18O4/c1-8-4-2-3-5-9(8)6-7-10(11(13)14)12(15)16/h10H,2-7H2,1H3,(H,13,14)(H,15,16). The Morgan fingerprint density at radius 3 is 2.25 bits per heavy atom. The number of rotatable bonds is 5. The van der Waals surface area contributed by atoms with Gasteiger partial charge in [-0.3, -0.25) is 9.59 Å². The van der Waals surface area contributed by atoms with Gasteiger partial charge in [0.15, 0.2) is 5.92 Å². The average molecular weight is 226 g/mol. The first-order valence-electron chi connectivity index (χ1n) is 5.65. The van der Waals surface area contributed by atoms with Crippen LogP contribution in [0.1, 0.15) is 45.4 Å². The molecule has 0 radical (unpaired) electrons. The topological polar surface area (TPSA) is 74.6 Å². The minimum Gasteiger partial charge on any atom is -0.481 e. The number of hydrogen-bond donors (Lipinski definition) is 2. The van der Waals surface area contributed by atoms with Crippen LogP contribution in [0, 0.1) is 5.92 Å². The Morgan fingerprint density at radius 1 is 1.19 bits per heavy atom. The van der Waals surface area contributed by atoms with Gasteiger partial charge in [-0.05, 0) is 45.4 Å². The molecule has 0 atom stereocenters. The van der Waals surface area contributed by atoms with Crippen molar-refractivity contribution in [3.63, 3.8) is 0 Å². The highest BCUT2D eigenvalue weighted by Crippen LogP contribution is 2.28. The molecule has 0 saturated carbocycles. The fourth-order valence-electron chi connectivity index (χ4n) is 2.13. The molecule has 4 heteroatoms. The van der Waals surface area contributed by atoms with Crippen molar-refractivity contribution in [2.75, 3.05) is 0 Å². The Bertz CT molecular complexity index is 303. The summed E-state index contributed by atoms with van der Waals surface area (Å²) in [5, 5.41) is 17.5. The van der Waals surface area contributed by atoms with Crippen LogP contribution in [0.15, 0.2) is 11.1 Å². The number of aliphatic carboxylic acids is 2. The molecule has 0 saturated heterocycles. The Morgan fingerprint density at radius 2 is 1.75 bits per heavy atom. The fraction of sp³-hybridized carbons (Fsp3) is 0.667. The average Bonchev–Trinajstić information content (AvgIpc) is 2.20. The molecule has 1 rings (SSSR count). The molecule has 0 aliphatic heterocycles. The molecule has 0 aromatic carbocycles. The van der Waals surface area contributed by atoms with E-state index in [2.05, 4.69) is 6.92 Å². The first-order chi connectivity index (χ1) is 7.52. The van der Waals surface area contributed by atoms with Gasteiger partial charge in [0.1, 0.15) is 0 Å². The SMILES string of the molecule is CC1=C(CCC(C(=O)O)C(=O)O)CCCC1. The van der Waals surface area contributed by atoms with Gasteiger partial charge in [0.2, 0.25) is 0 Å². The van der Waals surface area contributed by atoms with Crippen molar-refractivity contribution in [3.05, 3.63) is 11.1 Å². The molecule has 16 heavy (non-hydrogen) atoms. The van der Waals surface area contributed by atoms with Crippen LogP contribution in [0.4, 0.5) is 0 Å². The maximum absolute atomic E-state index is 10.7. The maximum Gasteiger partial charge on any atom is 0.317 e. The van der Waals surface area contributed by atoms with E-state index in [1.165, 1.54) is 17.6 Å². The summed E-state index contributed by atoms with van der Waals surface area (Å²) in [6.45, 7) is 2.06. The quantitative estimate of drug-likeness (QED) is 0.557. The molecule has 2 N–H and O–H groups in total. The minimum absolute atomic E-state index is 0.206. The number of hydrogen-bond acceptors (Lipinski definition) is 2. The van der Waals surface area contributed by atoms with Gasteiger partial charge in [-0.1, -0.05) is 11.1 Å². The van der Waals surface area contributed by atoms with Gasteiger partial charge < -0.3 is 10.2 Å². The molecule has 90 valence electrons. The number of carboxylic acid groups (broad SMARTS) is 2. The van der Waals surface area contributed by atoms with E-state index in [0.717, 1.165) is 19.3 Å². The van der Waals surface area contributed by atoms with Gasteiger partial charge in [-0.15, -0.1) is 0 Å². The molecule has 0 unspecified atom stereocenters. The molecule has 0 aromatic rings. The van der Waals surface area contributed by atoms with Crippen molar-refractivity contribution in [2.24, 2.45) is 5.92 Å². The highest BCUT2D eigenvalue weighted by atomic mass is 16.4. The molecule has 4 nitrogen and oxygen atoms in total. The van der Waals surface area contributed by atoms with Crippen molar-refractivity contribution in [3.8, 4) is 0 Å². The van der Waals surface area contributed by atoms with E-state index in [1.54, 1.807) is 0 Å². The van der Waals surface area contributed by atoms with Crippen LogP contribution in [-0.2, 0) is 9.59 Å². The third-order valence-electron chi connectivity index (χ3n) is 3.21. The molecular weight excluding hydrogens is 208 g/mol. The molecule has 0 amide bonds.